The Bertz CT molecular complexity index is 933. The second kappa shape index (κ2) is 6.89. The molecule has 0 saturated carbocycles. The maximum absolute atomic E-state index is 14.6. The van der Waals surface area contributed by atoms with Crippen molar-refractivity contribution in [3.63, 3.8) is 0 Å². The van der Waals surface area contributed by atoms with Gasteiger partial charge in [-0.05, 0) is 44.5 Å². The topological polar surface area (TPSA) is 45.2 Å². The van der Waals surface area contributed by atoms with Crippen LogP contribution in [-0.4, -0.2) is 46.0 Å². The quantitative estimate of drug-likeness (QED) is 0.702. The number of pyridine rings is 2. The molecule has 5 nitrogen and oxygen atoms in total. The van der Waals surface area contributed by atoms with Crippen LogP contribution < -0.4 is 4.90 Å². The summed E-state index contributed by atoms with van der Waals surface area (Å²) >= 11 is 1.48. The van der Waals surface area contributed by atoms with E-state index in [1.807, 2.05) is 26.1 Å². The smallest absolute Gasteiger partial charge is 0.171 e. The summed E-state index contributed by atoms with van der Waals surface area (Å²) in [7, 11) is 0. The predicted octanol–water partition coefficient (Wildman–Crippen LogP) is 3.73. The van der Waals surface area contributed by atoms with E-state index in [1.165, 1.54) is 16.9 Å². The Labute approximate surface area is 156 Å². The molecule has 1 unspecified atom stereocenters. The van der Waals surface area contributed by atoms with Gasteiger partial charge in [0.1, 0.15) is 11.6 Å². The number of rotatable bonds is 3. The molecule has 0 aromatic carbocycles. The lowest BCUT2D eigenvalue weighted by molar-refractivity contribution is 0.191. The van der Waals surface area contributed by atoms with E-state index in [1.54, 1.807) is 6.07 Å². The van der Waals surface area contributed by atoms with E-state index in [2.05, 4.69) is 37.7 Å². The highest BCUT2D eigenvalue weighted by atomic mass is 32.1. The van der Waals surface area contributed by atoms with Gasteiger partial charge in [-0.15, -0.1) is 11.3 Å². The summed E-state index contributed by atoms with van der Waals surface area (Å²) in [6.07, 6.45) is 1.85. The third-order valence-electron chi connectivity index (χ3n) is 4.95. The van der Waals surface area contributed by atoms with Gasteiger partial charge in [0, 0.05) is 32.4 Å². The number of thiazole rings is 1. The van der Waals surface area contributed by atoms with Crippen LogP contribution in [0.15, 0.2) is 24.4 Å². The molecule has 0 amide bonds. The third kappa shape index (κ3) is 3.29. The molecule has 4 heterocycles. The van der Waals surface area contributed by atoms with Crippen LogP contribution in [0, 0.1) is 19.7 Å². The molecule has 4 rings (SSSR count). The fourth-order valence-electron chi connectivity index (χ4n) is 3.46. The van der Waals surface area contributed by atoms with E-state index in [-0.39, 0.29) is 11.9 Å². The highest BCUT2D eigenvalue weighted by Crippen LogP contribution is 2.28. The molecule has 3 aromatic rings. The molecule has 1 atom stereocenters. The number of halogens is 1. The average Bonchev–Trinajstić information content (AvgIpc) is 2.99. The summed E-state index contributed by atoms with van der Waals surface area (Å²) in [4.78, 5) is 18.0. The van der Waals surface area contributed by atoms with Gasteiger partial charge in [0.15, 0.2) is 5.65 Å². The van der Waals surface area contributed by atoms with Gasteiger partial charge >= 0.3 is 0 Å². The Morgan fingerprint density at radius 1 is 1.12 bits per heavy atom. The lowest BCUT2D eigenvalue weighted by Gasteiger charge is -2.38. The van der Waals surface area contributed by atoms with Gasteiger partial charge in [0.2, 0.25) is 0 Å². The first-order valence-electron chi connectivity index (χ1n) is 8.86. The van der Waals surface area contributed by atoms with Crippen molar-refractivity contribution in [2.24, 2.45) is 0 Å². The lowest BCUT2D eigenvalue weighted by atomic mass is 10.1. The SMILES string of the molecule is Cc1ccnc(N2CCN(C(C)c3nc4nc(C)sc4cc3F)CC2)c1. The van der Waals surface area contributed by atoms with E-state index in [0.717, 1.165) is 41.7 Å². The summed E-state index contributed by atoms with van der Waals surface area (Å²) < 4.78 is 15.4. The highest BCUT2D eigenvalue weighted by Gasteiger charge is 2.26. The second-order valence-electron chi connectivity index (χ2n) is 6.80. The van der Waals surface area contributed by atoms with Gasteiger partial charge in [-0.25, -0.2) is 19.3 Å². The second-order valence-corrected chi connectivity index (χ2v) is 8.04. The normalized spacial score (nSPS) is 17.0. The fraction of sp³-hybridized carbons (Fsp3) is 0.421. The van der Waals surface area contributed by atoms with Crippen LogP contribution in [-0.2, 0) is 0 Å². The van der Waals surface area contributed by atoms with Crippen LogP contribution in [0.25, 0.3) is 10.3 Å². The van der Waals surface area contributed by atoms with Gasteiger partial charge in [-0.3, -0.25) is 4.90 Å². The van der Waals surface area contributed by atoms with Crippen molar-refractivity contribution in [3.05, 3.63) is 46.5 Å². The van der Waals surface area contributed by atoms with Gasteiger partial charge in [-0.1, -0.05) is 0 Å². The minimum absolute atomic E-state index is 0.0750. The van der Waals surface area contributed by atoms with Gasteiger partial charge in [0.25, 0.3) is 0 Å². The number of piperazine rings is 1. The van der Waals surface area contributed by atoms with Crippen molar-refractivity contribution in [2.75, 3.05) is 31.1 Å². The van der Waals surface area contributed by atoms with Crippen molar-refractivity contribution in [1.82, 2.24) is 19.9 Å². The van der Waals surface area contributed by atoms with Crippen LogP contribution >= 0.6 is 11.3 Å². The summed E-state index contributed by atoms with van der Waals surface area (Å²) in [6.45, 7) is 9.48. The zero-order valence-corrected chi connectivity index (χ0v) is 16.1. The van der Waals surface area contributed by atoms with Crippen LogP contribution in [0.4, 0.5) is 10.2 Å². The Morgan fingerprint density at radius 3 is 2.62 bits per heavy atom. The lowest BCUT2D eigenvalue weighted by Crippen LogP contribution is -2.47. The first-order chi connectivity index (χ1) is 12.5. The Kier molecular flexibility index (Phi) is 4.58. The molecule has 1 aliphatic rings. The molecule has 0 bridgehead atoms. The molecular weight excluding hydrogens is 349 g/mol. The minimum Gasteiger partial charge on any atom is -0.354 e. The number of hydrogen-bond acceptors (Lipinski definition) is 6. The summed E-state index contributed by atoms with van der Waals surface area (Å²) in [5.41, 5.74) is 2.35. The molecule has 0 radical (unpaired) electrons. The summed E-state index contributed by atoms with van der Waals surface area (Å²) in [5, 5.41) is 0.913. The standard InChI is InChI=1S/C19H22FN5S/c1-12-4-5-21-17(10-12)25-8-6-24(7-9-25)13(2)18-15(20)11-16-19(23-18)22-14(3)26-16/h4-5,10-11,13H,6-9H2,1-3H3. The molecule has 1 fully saturated rings. The minimum atomic E-state index is -0.239. The number of aromatic nitrogens is 3. The van der Waals surface area contributed by atoms with Crippen molar-refractivity contribution in [3.8, 4) is 0 Å². The molecule has 1 saturated heterocycles. The van der Waals surface area contributed by atoms with Crippen LogP contribution in [0.1, 0.15) is 29.2 Å². The Hall–Kier alpha value is -2.12. The predicted molar refractivity (Wildman–Crippen MR) is 103 cm³/mol. The summed E-state index contributed by atoms with van der Waals surface area (Å²) in [6, 6.07) is 5.62. The van der Waals surface area contributed by atoms with Crippen LogP contribution in [0.5, 0.6) is 0 Å². The highest BCUT2D eigenvalue weighted by molar-refractivity contribution is 7.18. The number of fused-ring (bicyclic) bond motifs is 1. The zero-order chi connectivity index (χ0) is 18.3. The van der Waals surface area contributed by atoms with Gasteiger partial charge in [0.05, 0.1) is 21.4 Å². The van der Waals surface area contributed by atoms with E-state index in [0.29, 0.717) is 11.3 Å². The summed E-state index contributed by atoms with van der Waals surface area (Å²) in [5.74, 6) is 0.775. The van der Waals surface area contributed by atoms with Crippen LogP contribution in [0.2, 0.25) is 0 Å². The number of nitrogens with zero attached hydrogens (tertiary/aromatic N) is 5. The molecule has 0 spiro atoms. The molecule has 7 heteroatoms. The third-order valence-corrected chi connectivity index (χ3v) is 5.86. The Balaban J connectivity index is 1.50. The Morgan fingerprint density at radius 2 is 1.88 bits per heavy atom. The molecule has 1 aliphatic heterocycles. The largest absolute Gasteiger partial charge is 0.354 e. The van der Waals surface area contributed by atoms with Crippen molar-refractivity contribution in [2.45, 2.75) is 26.8 Å². The monoisotopic (exact) mass is 371 g/mol. The first-order valence-corrected chi connectivity index (χ1v) is 9.68. The first kappa shape index (κ1) is 17.3. The van der Waals surface area contributed by atoms with E-state index in [9.17, 15) is 4.39 Å². The van der Waals surface area contributed by atoms with Crippen molar-refractivity contribution in [1.29, 1.82) is 0 Å². The van der Waals surface area contributed by atoms with Crippen molar-refractivity contribution < 1.29 is 4.39 Å². The molecule has 26 heavy (non-hydrogen) atoms. The fourth-order valence-corrected chi connectivity index (χ4v) is 4.26. The van der Waals surface area contributed by atoms with Crippen molar-refractivity contribution >= 4 is 27.5 Å². The zero-order valence-electron chi connectivity index (χ0n) is 15.2. The molecule has 0 aliphatic carbocycles. The maximum Gasteiger partial charge on any atom is 0.171 e. The molecule has 136 valence electrons. The van der Waals surface area contributed by atoms with Gasteiger partial charge in [-0.2, -0.15) is 0 Å². The number of hydrogen-bond donors (Lipinski definition) is 0. The number of anilines is 1. The van der Waals surface area contributed by atoms with Crippen LogP contribution in [0.3, 0.4) is 0 Å². The number of aryl methyl sites for hydroxylation is 2. The molecule has 0 N–H and O–H groups in total. The van der Waals surface area contributed by atoms with E-state index >= 15 is 0 Å². The van der Waals surface area contributed by atoms with E-state index in [4.69, 9.17) is 0 Å². The molecule has 3 aromatic heterocycles. The average molecular weight is 371 g/mol. The maximum atomic E-state index is 14.6. The molecular formula is C19H22FN5S. The van der Waals surface area contributed by atoms with E-state index < -0.39 is 0 Å². The van der Waals surface area contributed by atoms with Gasteiger partial charge < -0.3 is 4.90 Å².